The zero-order chi connectivity index (χ0) is 16.6. The summed E-state index contributed by atoms with van der Waals surface area (Å²) >= 11 is 0. The maximum absolute atomic E-state index is 13.8. The van der Waals surface area contributed by atoms with Crippen molar-refractivity contribution in [2.45, 2.75) is 37.1 Å². The van der Waals surface area contributed by atoms with Crippen molar-refractivity contribution in [2.75, 3.05) is 6.54 Å². The summed E-state index contributed by atoms with van der Waals surface area (Å²) in [6.07, 6.45) is 3.94. The second kappa shape index (κ2) is 6.01. The molecule has 2 aromatic rings. The Morgan fingerprint density at radius 1 is 1.30 bits per heavy atom. The van der Waals surface area contributed by atoms with Crippen LogP contribution in [0.5, 0.6) is 0 Å². The summed E-state index contributed by atoms with van der Waals surface area (Å²) in [5.74, 6) is 0.0964. The molecule has 1 unspecified atom stereocenters. The van der Waals surface area contributed by atoms with Crippen LogP contribution < -0.4 is 0 Å². The minimum Gasteiger partial charge on any atom is -0.319 e. The Kier molecular flexibility index (Phi) is 4.20. The highest BCUT2D eigenvalue weighted by Gasteiger charge is 2.36. The van der Waals surface area contributed by atoms with Crippen molar-refractivity contribution >= 4 is 10.0 Å². The van der Waals surface area contributed by atoms with E-state index in [2.05, 4.69) is 10.2 Å². The molecule has 124 valence electrons. The number of hydrogen-bond acceptors (Lipinski definition) is 4. The highest BCUT2D eigenvalue weighted by molar-refractivity contribution is 7.89. The zero-order valence-electron chi connectivity index (χ0n) is 13.1. The van der Waals surface area contributed by atoms with E-state index in [0.717, 1.165) is 18.9 Å². The first kappa shape index (κ1) is 16.1. The van der Waals surface area contributed by atoms with E-state index in [4.69, 9.17) is 0 Å². The molecular weight excluding hydrogens is 319 g/mol. The van der Waals surface area contributed by atoms with Gasteiger partial charge in [0.15, 0.2) is 5.82 Å². The van der Waals surface area contributed by atoms with E-state index in [1.54, 1.807) is 24.9 Å². The van der Waals surface area contributed by atoms with Crippen molar-refractivity contribution in [1.29, 1.82) is 0 Å². The third-order valence-corrected chi connectivity index (χ3v) is 6.15. The van der Waals surface area contributed by atoms with Gasteiger partial charge in [0.05, 0.1) is 10.9 Å². The summed E-state index contributed by atoms with van der Waals surface area (Å²) in [6.45, 7) is 2.00. The molecule has 0 aliphatic carbocycles. The van der Waals surface area contributed by atoms with E-state index in [0.29, 0.717) is 24.4 Å². The summed E-state index contributed by atoms with van der Waals surface area (Å²) in [7, 11) is -1.99. The first-order chi connectivity index (χ1) is 10.9. The first-order valence-corrected chi connectivity index (χ1v) is 8.97. The van der Waals surface area contributed by atoms with Crippen LogP contribution in [-0.4, -0.2) is 34.0 Å². The van der Waals surface area contributed by atoms with Gasteiger partial charge in [0.2, 0.25) is 10.0 Å². The van der Waals surface area contributed by atoms with Gasteiger partial charge in [-0.1, -0.05) is 12.5 Å². The number of benzene rings is 1. The SMILES string of the molecule is Cc1ccc(S(=O)(=O)N2CCCCC2c2nncn2C)cc1F. The molecule has 23 heavy (non-hydrogen) atoms. The second-order valence-electron chi connectivity index (χ2n) is 5.84. The summed E-state index contributed by atoms with van der Waals surface area (Å²) < 4.78 is 42.9. The van der Waals surface area contributed by atoms with Crippen LogP contribution in [0.15, 0.2) is 29.4 Å². The monoisotopic (exact) mass is 338 g/mol. The molecule has 1 fully saturated rings. The van der Waals surface area contributed by atoms with Gasteiger partial charge in [0.1, 0.15) is 12.1 Å². The number of sulfonamides is 1. The van der Waals surface area contributed by atoms with Crippen molar-refractivity contribution in [3.8, 4) is 0 Å². The third-order valence-electron chi connectivity index (χ3n) is 4.25. The summed E-state index contributed by atoms with van der Waals surface area (Å²) in [4.78, 5) is -0.0188. The Bertz CT molecular complexity index is 819. The van der Waals surface area contributed by atoms with Crippen molar-refractivity contribution < 1.29 is 12.8 Å². The van der Waals surface area contributed by atoms with Gasteiger partial charge in [0.25, 0.3) is 0 Å². The number of piperidine rings is 1. The van der Waals surface area contributed by atoms with Crippen molar-refractivity contribution in [1.82, 2.24) is 19.1 Å². The fourth-order valence-corrected chi connectivity index (χ4v) is 4.58. The molecular formula is C15H19FN4O2S. The molecule has 0 N–H and O–H groups in total. The predicted molar refractivity (Wildman–Crippen MR) is 82.6 cm³/mol. The smallest absolute Gasteiger partial charge is 0.243 e. The standard InChI is InChI=1S/C15H19FN4O2S/c1-11-6-7-12(9-13(11)16)23(21,22)20-8-4-3-5-14(20)15-18-17-10-19(15)2/h6-7,9-10,14H,3-5,8H2,1-2H3. The van der Waals surface area contributed by atoms with Crippen LogP contribution in [0.4, 0.5) is 4.39 Å². The lowest BCUT2D eigenvalue weighted by molar-refractivity contribution is 0.242. The normalized spacial score (nSPS) is 19.9. The third kappa shape index (κ3) is 2.88. The Labute approximate surface area is 135 Å². The first-order valence-electron chi connectivity index (χ1n) is 7.53. The summed E-state index contributed by atoms with van der Waals surface area (Å²) in [5.41, 5.74) is 0.424. The molecule has 0 bridgehead atoms. The van der Waals surface area contributed by atoms with Crippen molar-refractivity contribution in [2.24, 2.45) is 7.05 Å². The molecule has 1 aliphatic heterocycles. The van der Waals surface area contributed by atoms with Crippen LogP contribution in [0.1, 0.15) is 36.7 Å². The lowest BCUT2D eigenvalue weighted by Crippen LogP contribution is -2.39. The van der Waals surface area contributed by atoms with Crippen LogP contribution >= 0.6 is 0 Å². The summed E-state index contributed by atoms with van der Waals surface area (Å²) in [6, 6.07) is 3.66. The average molecular weight is 338 g/mol. The van der Waals surface area contributed by atoms with Gasteiger partial charge < -0.3 is 4.57 Å². The van der Waals surface area contributed by atoms with E-state index in [-0.39, 0.29) is 10.9 Å². The molecule has 1 aromatic heterocycles. The molecule has 1 saturated heterocycles. The van der Waals surface area contributed by atoms with Crippen LogP contribution in [0, 0.1) is 12.7 Å². The minimum absolute atomic E-state index is 0.0188. The van der Waals surface area contributed by atoms with E-state index in [1.165, 1.54) is 16.4 Å². The Balaban J connectivity index is 2.02. The lowest BCUT2D eigenvalue weighted by atomic mass is 10.0. The van der Waals surface area contributed by atoms with E-state index in [9.17, 15) is 12.8 Å². The molecule has 0 radical (unpaired) electrons. The number of aryl methyl sites for hydroxylation is 2. The highest BCUT2D eigenvalue weighted by atomic mass is 32.2. The molecule has 0 spiro atoms. The summed E-state index contributed by atoms with van der Waals surface area (Å²) in [5, 5.41) is 7.90. The molecule has 1 atom stereocenters. The van der Waals surface area contributed by atoms with Gasteiger partial charge in [-0.3, -0.25) is 0 Å². The predicted octanol–water partition coefficient (Wildman–Crippen LogP) is 2.18. The molecule has 6 nitrogen and oxygen atoms in total. The fourth-order valence-electron chi connectivity index (χ4n) is 2.91. The zero-order valence-corrected chi connectivity index (χ0v) is 13.9. The molecule has 0 amide bonds. The van der Waals surface area contributed by atoms with Gasteiger partial charge in [-0.15, -0.1) is 10.2 Å². The minimum atomic E-state index is -3.78. The molecule has 0 saturated carbocycles. The number of aromatic nitrogens is 3. The molecule has 1 aliphatic rings. The van der Waals surface area contributed by atoms with Crippen molar-refractivity contribution in [3.05, 3.63) is 41.7 Å². The molecule has 1 aromatic carbocycles. The highest BCUT2D eigenvalue weighted by Crippen LogP contribution is 2.34. The van der Waals surface area contributed by atoms with E-state index < -0.39 is 15.8 Å². The van der Waals surface area contributed by atoms with Crippen LogP contribution in [0.2, 0.25) is 0 Å². The van der Waals surface area contributed by atoms with Crippen LogP contribution in [0.25, 0.3) is 0 Å². The quantitative estimate of drug-likeness (QED) is 0.860. The Hall–Kier alpha value is -1.80. The lowest BCUT2D eigenvalue weighted by Gasteiger charge is -2.33. The Morgan fingerprint density at radius 2 is 2.09 bits per heavy atom. The second-order valence-corrected chi connectivity index (χ2v) is 7.73. The maximum Gasteiger partial charge on any atom is 0.243 e. The molecule has 3 rings (SSSR count). The molecule has 2 heterocycles. The topological polar surface area (TPSA) is 68.1 Å². The van der Waals surface area contributed by atoms with Gasteiger partial charge in [-0.25, -0.2) is 12.8 Å². The number of halogens is 1. The van der Waals surface area contributed by atoms with Crippen molar-refractivity contribution in [3.63, 3.8) is 0 Å². The molecule has 8 heteroatoms. The van der Waals surface area contributed by atoms with Gasteiger partial charge in [0, 0.05) is 13.6 Å². The van der Waals surface area contributed by atoms with Gasteiger partial charge in [-0.05, 0) is 37.5 Å². The number of nitrogens with zero attached hydrogens (tertiary/aromatic N) is 4. The number of hydrogen-bond donors (Lipinski definition) is 0. The van der Waals surface area contributed by atoms with Gasteiger partial charge in [-0.2, -0.15) is 4.31 Å². The number of rotatable bonds is 3. The fraction of sp³-hybridized carbons (Fsp3) is 0.467. The van der Waals surface area contributed by atoms with Crippen LogP contribution in [-0.2, 0) is 17.1 Å². The average Bonchev–Trinajstić information content (AvgIpc) is 2.96. The van der Waals surface area contributed by atoms with E-state index >= 15 is 0 Å². The van der Waals surface area contributed by atoms with Crippen LogP contribution in [0.3, 0.4) is 0 Å². The largest absolute Gasteiger partial charge is 0.319 e. The van der Waals surface area contributed by atoms with Gasteiger partial charge >= 0.3 is 0 Å². The maximum atomic E-state index is 13.8. The Morgan fingerprint density at radius 3 is 2.74 bits per heavy atom. The van der Waals surface area contributed by atoms with E-state index in [1.807, 2.05) is 0 Å².